The van der Waals surface area contributed by atoms with Crippen LogP contribution in [0.25, 0.3) is 10.4 Å². The molecule has 3 rings (SSSR count). The van der Waals surface area contributed by atoms with Gasteiger partial charge in [-0.3, -0.25) is 0 Å². The molecule has 0 spiro atoms. The van der Waals surface area contributed by atoms with Crippen LogP contribution in [0.1, 0.15) is 28.4 Å². The highest BCUT2D eigenvalue weighted by Gasteiger charge is 2.11. The van der Waals surface area contributed by atoms with Crippen LogP contribution in [0.3, 0.4) is 0 Å². The first kappa shape index (κ1) is 20.0. The second-order valence-electron chi connectivity index (χ2n) is 6.57. The highest BCUT2D eigenvalue weighted by Crippen LogP contribution is 2.20. The summed E-state index contributed by atoms with van der Waals surface area (Å²) < 4.78 is 6.02. The van der Waals surface area contributed by atoms with Gasteiger partial charge in [0.15, 0.2) is 0 Å². The van der Waals surface area contributed by atoms with E-state index < -0.39 is 0 Å². The van der Waals surface area contributed by atoms with E-state index in [1.807, 2.05) is 42.5 Å². The molecule has 28 heavy (non-hydrogen) atoms. The van der Waals surface area contributed by atoms with E-state index in [0.717, 1.165) is 29.0 Å². The van der Waals surface area contributed by atoms with E-state index in [9.17, 15) is 0 Å². The lowest BCUT2D eigenvalue weighted by atomic mass is 10.0. The molecular formula is C23H22ClN3O. The van der Waals surface area contributed by atoms with Crippen molar-refractivity contribution >= 4 is 11.6 Å². The Bertz CT molecular complexity index is 905. The van der Waals surface area contributed by atoms with Crippen LogP contribution in [0.4, 0.5) is 0 Å². The molecule has 142 valence electrons. The number of hydrogen-bond acceptors (Lipinski definition) is 2. The fourth-order valence-electron chi connectivity index (χ4n) is 2.97. The molecule has 0 fully saturated rings. The molecular weight excluding hydrogens is 370 g/mol. The average molecular weight is 392 g/mol. The summed E-state index contributed by atoms with van der Waals surface area (Å²) in [4.78, 5) is 2.86. The van der Waals surface area contributed by atoms with Crippen LogP contribution in [-0.4, -0.2) is 6.54 Å². The lowest BCUT2D eigenvalue weighted by Gasteiger charge is -2.16. The van der Waals surface area contributed by atoms with Gasteiger partial charge in [0.2, 0.25) is 0 Å². The van der Waals surface area contributed by atoms with Gasteiger partial charge in [-0.05, 0) is 52.8 Å². The molecule has 4 nitrogen and oxygen atoms in total. The minimum Gasteiger partial charge on any atom is -0.369 e. The van der Waals surface area contributed by atoms with Crippen molar-refractivity contribution in [3.8, 4) is 0 Å². The van der Waals surface area contributed by atoms with Crippen LogP contribution in [0.2, 0.25) is 5.02 Å². The Hall–Kier alpha value is -2.78. The fraction of sp³-hybridized carbons (Fsp3) is 0.217. The summed E-state index contributed by atoms with van der Waals surface area (Å²) in [7, 11) is 0. The zero-order valence-corrected chi connectivity index (χ0v) is 16.3. The molecule has 0 radical (unpaired) electrons. The summed E-state index contributed by atoms with van der Waals surface area (Å²) in [5.74, 6) is 0. The average Bonchev–Trinajstić information content (AvgIpc) is 2.75. The molecule has 1 atom stereocenters. The molecule has 3 aromatic rings. The first-order valence-electron chi connectivity index (χ1n) is 9.24. The van der Waals surface area contributed by atoms with Gasteiger partial charge in [0, 0.05) is 9.93 Å². The zero-order valence-electron chi connectivity index (χ0n) is 15.5. The summed E-state index contributed by atoms with van der Waals surface area (Å²) in [5.41, 5.74) is 13.3. The minimum atomic E-state index is -0.248. The summed E-state index contributed by atoms with van der Waals surface area (Å²) in [6, 6.07) is 26.3. The first-order chi connectivity index (χ1) is 13.7. The highest BCUT2D eigenvalue weighted by atomic mass is 35.5. The van der Waals surface area contributed by atoms with E-state index in [1.165, 1.54) is 11.1 Å². The van der Waals surface area contributed by atoms with Gasteiger partial charge in [0.05, 0.1) is 19.3 Å². The number of azide groups is 1. The molecule has 0 aromatic heterocycles. The lowest BCUT2D eigenvalue weighted by molar-refractivity contribution is 0.0457. The number of nitrogens with zero attached hydrogens (tertiary/aromatic N) is 3. The Morgan fingerprint density at radius 3 is 2.00 bits per heavy atom. The summed E-state index contributed by atoms with van der Waals surface area (Å²) >= 11 is 5.93. The van der Waals surface area contributed by atoms with Gasteiger partial charge in [-0.1, -0.05) is 83.4 Å². The molecule has 5 heteroatoms. The maximum absolute atomic E-state index is 8.62. The smallest absolute Gasteiger partial charge is 0.0885 e. The van der Waals surface area contributed by atoms with Gasteiger partial charge in [0.1, 0.15) is 0 Å². The van der Waals surface area contributed by atoms with Crippen LogP contribution in [-0.2, 0) is 24.2 Å². The molecule has 0 unspecified atom stereocenters. The second kappa shape index (κ2) is 10.5. The lowest BCUT2D eigenvalue weighted by Crippen LogP contribution is -2.08. The molecule has 0 amide bonds. The van der Waals surface area contributed by atoms with Crippen molar-refractivity contribution in [3.05, 3.63) is 117 Å². The summed E-state index contributed by atoms with van der Waals surface area (Å²) in [6.45, 7) is 0.748. The Labute approximate surface area is 170 Å². The number of halogens is 1. The van der Waals surface area contributed by atoms with Crippen LogP contribution in [0.15, 0.2) is 84.0 Å². The predicted molar refractivity (Wildman–Crippen MR) is 113 cm³/mol. The Kier molecular flexibility index (Phi) is 7.51. The highest BCUT2D eigenvalue weighted by molar-refractivity contribution is 6.30. The Balaban J connectivity index is 1.55. The van der Waals surface area contributed by atoms with E-state index in [1.54, 1.807) is 0 Å². The van der Waals surface area contributed by atoms with Crippen LogP contribution >= 0.6 is 11.6 Å². The molecule has 3 aromatic carbocycles. The molecule has 0 saturated carbocycles. The molecule has 0 aliphatic carbocycles. The van der Waals surface area contributed by atoms with Crippen molar-refractivity contribution in [1.29, 1.82) is 0 Å². The summed E-state index contributed by atoms with van der Waals surface area (Å²) in [5, 5.41) is 4.45. The monoisotopic (exact) mass is 391 g/mol. The molecule has 0 heterocycles. The van der Waals surface area contributed by atoms with E-state index in [4.69, 9.17) is 21.9 Å². The Morgan fingerprint density at radius 2 is 1.39 bits per heavy atom. The van der Waals surface area contributed by atoms with Crippen molar-refractivity contribution in [2.75, 3.05) is 6.54 Å². The predicted octanol–water partition coefficient (Wildman–Crippen LogP) is 6.69. The molecule has 0 aliphatic heterocycles. The SMILES string of the molecule is [N-]=[N+]=NC[C@H](OCc1ccc(CCc2ccc(Cl)cc2)cc1)c1ccccc1. The minimum absolute atomic E-state index is 0.248. The first-order valence-corrected chi connectivity index (χ1v) is 9.62. The van der Waals surface area contributed by atoms with Gasteiger partial charge < -0.3 is 4.74 Å². The summed E-state index contributed by atoms with van der Waals surface area (Å²) in [6.07, 6.45) is 1.71. The van der Waals surface area contributed by atoms with E-state index in [2.05, 4.69) is 46.4 Å². The van der Waals surface area contributed by atoms with E-state index in [-0.39, 0.29) is 12.6 Å². The standard InChI is InChI=1S/C23H22ClN3O/c24-22-14-12-19(13-15-22)7-6-18-8-10-20(11-9-18)17-28-23(16-26-27-25)21-4-2-1-3-5-21/h1-5,8-15,23H,6-7,16-17H2/t23-/m0/s1. The third-order valence-electron chi connectivity index (χ3n) is 4.57. The van der Waals surface area contributed by atoms with Gasteiger partial charge >= 0.3 is 0 Å². The third kappa shape index (κ3) is 6.14. The third-order valence-corrected chi connectivity index (χ3v) is 4.82. The molecule has 0 bridgehead atoms. The van der Waals surface area contributed by atoms with Gasteiger partial charge in [-0.25, -0.2) is 0 Å². The zero-order chi connectivity index (χ0) is 19.6. The van der Waals surface area contributed by atoms with Crippen molar-refractivity contribution in [1.82, 2.24) is 0 Å². The number of ether oxygens (including phenoxy) is 1. The molecule has 0 N–H and O–H groups in total. The maximum atomic E-state index is 8.62. The van der Waals surface area contributed by atoms with Crippen LogP contribution in [0, 0.1) is 0 Å². The topological polar surface area (TPSA) is 58.0 Å². The van der Waals surface area contributed by atoms with Crippen molar-refractivity contribution < 1.29 is 4.74 Å². The van der Waals surface area contributed by atoms with Crippen molar-refractivity contribution in [3.63, 3.8) is 0 Å². The normalized spacial score (nSPS) is 11.6. The van der Waals surface area contributed by atoms with Gasteiger partial charge in [0.25, 0.3) is 0 Å². The number of hydrogen-bond donors (Lipinski definition) is 0. The molecule has 0 saturated heterocycles. The van der Waals surface area contributed by atoms with E-state index in [0.29, 0.717) is 6.61 Å². The molecule has 0 aliphatic rings. The van der Waals surface area contributed by atoms with Gasteiger partial charge in [-0.2, -0.15) is 0 Å². The number of aryl methyl sites for hydroxylation is 2. The number of rotatable bonds is 9. The Morgan fingerprint density at radius 1 is 0.821 bits per heavy atom. The van der Waals surface area contributed by atoms with Crippen molar-refractivity contribution in [2.45, 2.75) is 25.6 Å². The quantitative estimate of drug-likeness (QED) is 0.227. The van der Waals surface area contributed by atoms with Crippen LogP contribution < -0.4 is 0 Å². The fourth-order valence-corrected chi connectivity index (χ4v) is 3.10. The van der Waals surface area contributed by atoms with Gasteiger partial charge in [-0.15, -0.1) is 0 Å². The van der Waals surface area contributed by atoms with Crippen LogP contribution in [0.5, 0.6) is 0 Å². The van der Waals surface area contributed by atoms with E-state index >= 15 is 0 Å². The largest absolute Gasteiger partial charge is 0.369 e. The number of benzene rings is 3. The maximum Gasteiger partial charge on any atom is 0.0885 e. The van der Waals surface area contributed by atoms with Crippen molar-refractivity contribution in [2.24, 2.45) is 5.11 Å². The second-order valence-corrected chi connectivity index (χ2v) is 7.00.